The number of hydrogen-bond acceptors (Lipinski definition) is 5. The number of carbonyl (C=O) groups is 1. The zero-order valence-corrected chi connectivity index (χ0v) is 17.5. The van der Waals surface area contributed by atoms with Crippen LogP contribution in [0.4, 0.5) is 14.5 Å². The first kappa shape index (κ1) is 20.6. The SMILES string of the molecule is O=C(Nc1ccc(F)c(F)c1)C1CCN(Cc2nc(-c3cccc(Br)c3)no2)CC1. The number of aromatic nitrogens is 2. The lowest BCUT2D eigenvalue weighted by Gasteiger charge is -2.30. The van der Waals surface area contributed by atoms with Crippen LogP contribution in [0.1, 0.15) is 18.7 Å². The fourth-order valence-electron chi connectivity index (χ4n) is 3.43. The van der Waals surface area contributed by atoms with E-state index in [1.54, 1.807) is 0 Å². The van der Waals surface area contributed by atoms with Gasteiger partial charge in [-0.05, 0) is 50.2 Å². The molecule has 0 aliphatic carbocycles. The van der Waals surface area contributed by atoms with Crippen LogP contribution in [0.15, 0.2) is 51.5 Å². The summed E-state index contributed by atoms with van der Waals surface area (Å²) in [5, 5.41) is 6.70. The number of halogens is 3. The highest BCUT2D eigenvalue weighted by Crippen LogP contribution is 2.23. The first-order chi connectivity index (χ1) is 14.5. The molecule has 9 heteroatoms. The van der Waals surface area contributed by atoms with Gasteiger partial charge in [-0.25, -0.2) is 8.78 Å². The van der Waals surface area contributed by atoms with Gasteiger partial charge in [0.1, 0.15) is 0 Å². The summed E-state index contributed by atoms with van der Waals surface area (Å²) in [6.45, 7) is 1.91. The monoisotopic (exact) mass is 476 g/mol. The third kappa shape index (κ3) is 4.91. The van der Waals surface area contributed by atoms with E-state index in [1.807, 2.05) is 24.3 Å². The van der Waals surface area contributed by atoms with E-state index >= 15 is 0 Å². The third-order valence-electron chi connectivity index (χ3n) is 5.06. The van der Waals surface area contributed by atoms with Gasteiger partial charge < -0.3 is 9.84 Å². The van der Waals surface area contributed by atoms with Gasteiger partial charge in [-0.3, -0.25) is 9.69 Å². The highest BCUT2D eigenvalue weighted by Gasteiger charge is 2.26. The molecular weight excluding hydrogens is 458 g/mol. The van der Waals surface area contributed by atoms with Crippen LogP contribution in [0.2, 0.25) is 0 Å². The molecule has 6 nitrogen and oxygen atoms in total. The number of benzene rings is 2. The number of nitrogens with zero attached hydrogens (tertiary/aromatic N) is 3. The molecule has 1 amide bonds. The van der Waals surface area contributed by atoms with Gasteiger partial charge in [-0.2, -0.15) is 4.98 Å². The van der Waals surface area contributed by atoms with Gasteiger partial charge in [0.25, 0.3) is 0 Å². The summed E-state index contributed by atoms with van der Waals surface area (Å²) in [5.74, 6) is -1.23. The summed E-state index contributed by atoms with van der Waals surface area (Å²) >= 11 is 3.43. The van der Waals surface area contributed by atoms with Crippen molar-refractivity contribution in [1.82, 2.24) is 15.0 Å². The smallest absolute Gasteiger partial charge is 0.241 e. The molecule has 1 N–H and O–H groups in total. The zero-order valence-electron chi connectivity index (χ0n) is 15.9. The Kier molecular flexibility index (Phi) is 6.19. The van der Waals surface area contributed by atoms with Crippen LogP contribution in [-0.2, 0) is 11.3 Å². The molecule has 1 saturated heterocycles. The highest BCUT2D eigenvalue weighted by atomic mass is 79.9. The van der Waals surface area contributed by atoms with E-state index in [4.69, 9.17) is 4.52 Å². The van der Waals surface area contributed by atoms with Crippen molar-refractivity contribution in [3.63, 3.8) is 0 Å². The maximum Gasteiger partial charge on any atom is 0.241 e. The van der Waals surface area contributed by atoms with Crippen molar-refractivity contribution in [2.75, 3.05) is 18.4 Å². The van der Waals surface area contributed by atoms with Crippen LogP contribution < -0.4 is 5.32 Å². The summed E-state index contributed by atoms with van der Waals surface area (Å²) in [4.78, 5) is 19.0. The Morgan fingerprint density at radius 2 is 1.97 bits per heavy atom. The summed E-state index contributed by atoms with van der Waals surface area (Å²) in [6.07, 6.45) is 1.31. The predicted octanol–water partition coefficient (Wildman–Crippen LogP) is 4.63. The van der Waals surface area contributed by atoms with Crippen LogP contribution in [0.25, 0.3) is 11.4 Å². The van der Waals surface area contributed by atoms with Crippen molar-refractivity contribution in [1.29, 1.82) is 0 Å². The summed E-state index contributed by atoms with van der Waals surface area (Å²) in [5.41, 5.74) is 1.12. The van der Waals surface area contributed by atoms with Gasteiger partial charge in [-0.15, -0.1) is 0 Å². The minimum absolute atomic E-state index is 0.185. The Bertz CT molecular complexity index is 1050. The number of hydrogen-bond donors (Lipinski definition) is 1. The molecule has 1 fully saturated rings. The predicted molar refractivity (Wildman–Crippen MR) is 110 cm³/mol. The van der Waals surface area contributed by atoms with Crippen molar-refractivity contribution in [2.45, 2.75) is 19.4 Å². The van der Waals surface area contributed by atoms with Crippen molar-refractivity contribution >= 4 is 27.5 Å². The molecular formula is C21H19BrF2N4O2. The van der Waals surface area contributed by atoms with Gasteiger partial charge in [0.2, 0.25) is 17.6 Å². The largest absolute Gasteiger partial charge is 0.338 e. The number of carbonyl (C=O) groups excluding carboxylic acids is 1. The first-order valence-corrected chi connectivity index (χ1v) is 10.3. The van der Waals surface area contributed by atoms with Crippen LogP contribution in [0, 0.1) is 17.6 Å². The second-order valence-corrected chi connectivity index (χ2v) is 8.11. The second kappa shape index (κ2) is 9.01. The molecule has 4 rings (SSSR count). The van der Waals surface area contributed by atoms with E-state index in [1.165, 1.54) is 6.07 Å². The molecule has 1 aromatic heterocycles. The van der Waals surface area contributed by atoms with E-state index in [-0.39, 0.29) is 17.5 Å². The second-order valence-electron chi connectivity index (χ2n) is 7.19. The number of nitrogens with one attached hydrogen (secondary N) is 1. The Balaban J connectivity index is 1.29. The molecule has 3 aromatic rings. The minimum Gasteiger partial charge on any atom is -0.338 e. The summed E-state index contributed by atoms with van der Waals surface area (Å²) in [7, 11) is 0. The molecule has 0 spiro atoms. The molecule has 0 saturated carbocycles. The Morgan fingerprint density at radius 3 is 2.70 bits per heavy atom. The molecule has 156 valence electrons. The van der Waals surface area contributed by atoms with Crippen LogP contribution in [0.3, 0.4) is 0 Å². The van der Waals surface area contributed by atoms with Gasteiger partial charge >= 0.3 is 0 Å². The van der Waals surface area contributed by atoms with Gasteiger partial charge in [0.15, 0.2) is 11.6 Å². The molecule has 0 bridgehead atoms. The summed E-state index contributed by atoms with van der Waals surface area (Å²) < 4.78 is 32.6. The Morgan fingerprint density at radius 1 is 1.17 bits per heavy atom. The average molecular weight is 477 g/mol. The molecule has 2 heterocycles. The van der Waals surface area contributed by atoms with Crippen LogP contribution in [0.5, 0.6) is 0 Å². The van der Waals surface area contributed by atoms with E-state index in [2.05, 4.69) is 36.3 Å². The molecule has 0 radical (unpaired) electrons. The number of rotatable bonds is 5. The van der Waals surface area contributed by atoms with Crippen molar-refractivity contribution in [3.8, 4) is 11.4 Å². The fraction of sp³-hybridized carbons (Fsp3) is 0.286. The first-order valence-electron chi connectivity index (χ1n) is 9.55. The summed E-state index contributed by atoms with van der Waals surface area (Å²) in [6, 6.07) is 11.0. The van der Waals surface area contributed by atoms with E-state index < -0.39 is 11.6 Å². The molecule has 0 unspecified atom stereocenters. The van der Waals surface area contributed by atoms with Gasteiger partial charge in [0, 0.05) is 27.7 Å². The van der Waals surface area contributed by atoms with E-state index in [0.29, 0.717) is 44.2 Å². The molecule has 0 atom stereocenters. The maximum absolute atomic E-state index is 13.3. The normalized spacial score (nSPS) is 15.3. The molecule has 1 aliphatic heterocycles. The lowest BCUT2D eigenvalue weighted by atomic mass is 9.96. The van der Waals surface area contributed by atoms with Crippen molar-refractivity contribution < 1.29 is 18.1 Å². The molecule has 30 heavy (non-hydrogen) atoms. The van der Waals surface area contributed by atoms with Gasteiger partial charge in [0.05, 0.1) is 6.54 Å². The minimum atomic E-state index is -0.982. The lowest BCUT2D eigenvalue weighted by Crippen LogP contribution is -2.37. The average Bonchev–Trinajstić information content (AvgIpc) is 3.20. The van der Waals surface area contributed by atoms with E-state index in [9.17, 15) is 13.6 Å². The standard InChI is InChI=1S/C21H19BrF2N4O2/c22-15-3-1-2-14(10-15)20-26-19(30-27-20)12-28-8-6-13(7-9-28)21(29)25-16-4-5-17(23)18(24)11-16/h1-5,10-11,13H,6-9,12H2,(H,25,29). The van der Waals surface area contributed by atoms with Crippen molar-refractivity contribution in [3.05, 3.63) is 64.5 Å². The molecule has 1 aliphatic rings. The van der Waals surface area contributed by atoms with Crippen LogP contribution in [-0.4, -0.2) is 34.0 Å². The third-order valence-corrected chi connectivity index (χ3v) is 5.55. The van der Waals surface area contributed by atoms with Gasteiger partial charge in [-0.1, -0.05) is 33.2 Å². The maximum atomic E-state index is 13.3. The lowest BCUT2D eigenvalue weighted by molar-refractivity contribution is -0.121. The number of likely N-dealkylation sites (tertiary alicyclic amines) is 1. The topological polar surface area (TPSA) is 71.3 Å². The molecule has 2 aromatic carbocycles. The van der Waals surface area contributed by atoms with Crippen molar-refractivity contribution in [2.24, 2.45) is 5.92 Å². The number of piperidine rings is 1. The fourth-order valence-corrected chi connectivity index (χ4v) is 3.83. The quantitative estimate of drug-likeness (QED) is 0.581. The number of amides is 1. The number of anilines is 1. The Hall–Kier alpha value is -2.65. The highest BCUT2D eigenvalue weighted by molar-refractivity contribution is 9.10. The zero-order chi connectivity index (χ0) is 21.1. The van der Waals surface area contributed by atoms with Crippen LogP contribution >= 0.6 is 15.9 Å². The van der Waals surface area contributed by atoms with E-state index in [0.717, 1.165) is 22.2 Å². The Labute approximate surface area is 180 Å².